The molecule has 1 unspecified atom stereocenters. The third-order valence-electron chi connectivity index (χ3n) is 10.0. The van der Waals surface area contributed by atoms with E-state index in [1.54, 1.807) is 18.0 Å². The number of phenolic OH excluding ortho intramolecular Hbond substituents is 1. The molecule has 1 saturated heterocycles. The number of rotatable bonds is 4. The minimum atomic E-state index is -4.48. The summed E-state index contributed by atoms with van der Waals surface area (Å²) in [4.78, 5) is 17.5. The third kappa shape index (κ3) is 3.18. The number of amides is 1. The molecule has 5 aliphatic rings. The number of hydrogen-bond donors (Lipinski definition) is 2. The first kappa shape index (κ1) is 24.3. The van der Waals surface area contributed by atoms with E-state index in [0.29, 0.717) is 37.4 Å². The van der Waals surface area contributed by atoms with Crippen LogP contribution in [0.4, 0.5) is 13.2 Å². The van der Waals surface area contributed by atoms with E-state index in [1.807, 2.05) is 6.07 Å². The van der Waals surface area contributed by atoms with E-state index in [0.717, 1.165) is 36.3 Å². The molecular weight excluding hydrogens is 497 g/mol. The molecule has 2 bridgehead atoms. The lowest BCUT2D eigenvalue weighted by atomic mass is 9.48. The van der Waals surface area contributed by atoms with Crippen LogP contribution in [0.15, 0.2) is 36.4 Å². The molecule has 2 heterocycles. The second-order valence-electron chi connectivity index (χ2n) is 11.9. The second kappa shape index (κ2) is 7.88. The number of carbonyl (C=O) groups excluding carboxylic acids is 1. The standard InChI is InChI=1S/C29H31F3N2O4/c1-33(26(36)17-4-7-19(8-5-17)29(30,31)32)20-10-11-28(37)22-14-18-6-9-21(35)24-23(18)27(28,25(20)38-24)12-13-34(22)15-16-2-3-16/h4-9,16,20,22,25,35,37H,2-3,10-15H2,1H3/t20-,22+,25-,27?,28+/m0/s1. The van der Waals surface area contributed by atoms with Gasteiger partial charge < -0.3 is 19.8 Å². The summed E-state index contributed by atoms with van der Waals surface area (Å²) in [6, 6.07) is 7.37. The summed E-state index contributed by atoms with van der Waals surface area (Å²) in [6.07, 6.45) is -0.286. The SMILES string of the molecule is CN(C(=O)c1ccc(C(F)(F)F)cc1)[C@H]1CC[C@@]2(O)[C@H]3Cc4ccc(O)c5c4C2(CCN3CC2CC2)[C@H]1O5. The number of phenols is 1. The Hall–Kier alpha value is -2.78. The molecule has 2 aliphatic heterocycles. The Morgan fingerprint density at radius 1 is 1.13 bits per heavy atom. The number of halogens is 3. The van der Waals surface area contributed by atoms with Gasteiger partial charge in [-0.2, -0.15) is 13.2 Å². The van der Waals surface area contributed by atoms with Gasteiger partial charge in [0.2, 0.25) is 0 Å². The Kier molecular flexibility index (Phi) is 5.03. The van der Waals surface area contributed by atoms with Gasteiger partial charge in [-0.25, -0.2) is 0 Å². The molecule has 38 heavy (non-hydrogen) atoms. The number of ether oxygens (including phenoxy) is 1. The van der Waals surface area contributed by atoms with Crippen molar-refractivity contribution in [3.05, 3.63) is 58.7 Å². The van der Waals surface area contributed by atoms with Crippen molar-refractivity contribution < 1.29 is 32.9 Å². The summed E-state index contributed by atoms with van der Waals surface area (Å²) >= 11 is 0. The number of aliphatic hydroxyl groups is 1. The maximum Gasteiger partial charge on any atom is 0.416 e. The van der Waals surface area contributed by atoms with Gasteiger partial charge >= 0.3 is 6.18 Å². The minimum Gasteiger partial charge on any atom is -0.504 e. The average Bonchev–Trinajstić information content (AvgIpc) is 3.63. The van der Waals surface area contributed by atoms with Crippen molar-refractivity contribution in [2.75, 3.05) is 20.1 Å². The Bertz CT molecular complexity index is 1310. The quantitative estimate of drug-likeness (QED) is 0.625. The van der Waals surface area contributed by atoms with Crippen LogP contribution in [-0.4, -0.2) is 69.8 Å². The summed E-state index contributed by atoms with van der Waals surface area (Å²) < 4.78 is 45.7. The lowest BCUT2D eigenvalue weighted by Gasteiger charge is -2.64. The molecule has 7 rings (SSSR count). The van der Waals surface area contributed by atoms with Gasteiger partial charge in [0.25, 0.3) is 5.91 Å². The molecule has 2 N–H and O–H groups in total. The van der Waals surface area contributed by atoms with Crippen molar-refractivity contribution in [2.45, 2.75) is 73.9 Å². The number of aromatic hydroxyl groups is 1. The van der Waals surface area contributed by atoms with Crippen molar-refractivity contribution in [2.24, 2.45) is 5.92 Å². The van der Waals surface area contributed by atoms with Crippen LogP contribution in [0.3, 0.4) is 0 Å². The molecule has 2 aromatic rings. The van der Waals surface area contributed by atoms with Gasteiger partial charge in [0.15, 0.2) is 11.5 Å². The van der Waals surface area contributed by atoms with Gasteiger partial charge in [0.1, 0.15) is 6.10 Å². The fourth-order valence-corrected chi connectivity index (χ4v) is 8.01. The molecule has 0 radical (unpaired) electrons. The van der Waals surface area contributed by atoms with Crippen LogP contribution in [0, 0.1) is 5.92 Å². The summed E-state index contributed by atoms with van der Waals surface area (Å²) in [5.74, 6) is 0.725. The van der Waals surface area contributed by atoms with Crippen LogP contribution < -0.4 is 4.74 Å². The van der Waals surface area contributed by atoms with Crippen LogP contribution >= 0.6 is 0 Å². The largest absolute Gasteiger partial charge is 0.504 e. The summed E-state index contributed by atoms with van der Waals surface area (Å²) in [7, 11) is 1.65. The van der Waals surface area contributed by atoms with Crippen molar-refractivity contribution in [3.63, 3.8) is 0 Å². The highest BCUT2D eigenvalue weighted by Crippen LogP contribution is 2.66. The van der Waals surface area contributed by atoms with Crippen molar-refractivity contribution in [1.82, 2.24) is 9.80 Å². The van der Waals surface area contributed by atoms with E-state index in [-0.39, 0.29) is 17.4 Å². The topological polar surface area (TPSA) is 73.2 Å². The highest BCUT2D eigenvalue weighted by Gasteiger charge is 2.73. The van der Waals surface area contributed by atoms with Crippen molar-refractivity contribution in [1.29, 1.82) is 0 Å². The van der Waals surface area contributed by atoms with Crippen molar-refractivity contribution >= 4 is 5.91 Å². The summed E-state index contributed by atoms with van der Waals surface area (Å²) in [6.45, 7) is 1.78. The first-order valence-corrected chi connectivity index (χ1v) is 13.5. The maximum absolute atomic E-state index is 13.5. The molecule has 6 nitrogen and oxygen atoms in total. The Morgan fingerprint density at radius 2 is 1.87 bits per heavy atom. The van der Waals surface area contributed by atoms with Crippen LogP contribution in [0.25, 0.3) is 0 Å². The number of benzene rings is 2. The zero-order valence-electron chi connectivity index (χ0n) is 21.2. The first-order valence-electron chi connectivity index (χ1n) is 13.5. The molecule has 0 aromatic heterocycles. The van der Waals surface area contributed by atoms with Gasteiger partial charge in [0, 0.05) is 30.8 Å². The smallest absolute Gasteiger partial charge is 0.416 e. The van der Waals surface area contributed by atoms with E-state index in [2.05, 4.69) is 4.90 Å². The Balaban J connectivity index is 1.26. The fraction of sp³-hybridized carbons (Fsp3) is 0.552. The number of piperidine rings is 1. The molecule has 2 aromatic carbocycles. The van der Waals surface area contributed by atoms with Crippen LogP contribution in [-0.2, 0) is 18.0 Å². The van der Waals surface area contributed by atoms with E-state index in [4.69, 9.17) is 4.74 Å². The van der Waals surface area contributed by atoms with E-state index >= 15 is 0 Å². The molecular formula is C29H31F3N2O4. The average molecular weight is 529 g/mol. The highest BCUT2D eigenvalue weighted by atomic mass is 19.4. The highest BCUT2D eigenvalue weighted by molar-refractivity contribution is 5.94. The predicted octanol–water partition coefficient (Wildman–Crippen LogP) is 4.12. The summed E-state index contributed by atoms with van der Waals surface area (Å²) in [5.41, 5.74) is -0.510. The van der Waals surface area contributed by atoms with E-state index in [9.17, 15) is 28.2 Å². The number of carbonyl (C=O) groups is 1. The molecule has 3 aliphatic carbocycles. The maximum atomic E-state index is 13.5. The predicted molar refractivity (Wildman–Crippen MR) is 132 cm³/mol. The lowest BCUT2D eigenvalue weighted by Crippen LogP contribution is -2.78. The molecule has 1 amide bonds. The number of hydrogen-bond acceptors (Lipinski definition) is 5. The third-order valence-corrected chi connectivity index (χ3v) is 10.0. The molecule has 2 saturated carbocycles. The minimum absolute atomic E-state index is 0.0317. The Morgan fingerprint density at radius 3 is 2.55 bits per heavy atom. The van der Waals surface area contributed by atoms with Crippen LogP contribution in [0.2, 0.25) is 0 Å². The number of likely N-dealkylation sites (N-methyl/N-ethyl adjacent to an activating group) is 1. The Labute approximate surface area is 219 Å². The first-order chi connectivity index (χ1) is 18.0. The number of alkyl halides is 3. The molecule has 1 spiro atoms. The van der Waals surface area contributed by atoms with E-state index < -0.39 is 40.8 Å². The molecule has 5 atom stereocenters. The van der Waals surface area contributed by atoms with Crippen molar-refractivity contribution in [3.8, 4) is 11.5 Å². The number of likely N-dealkylation sites (tertiary alicyclic amines) is 1. The lowest BCUT2D eigenvalue weighted by molar-refractivity contribution is -0.197. The monoisotopic (exact) mass is 528 g/mol. The number of nitrogens with zero attached hydrogens (tertiary/aromatic N) is 2. The van der Waals surface area contributed by atoms with Gasteiger partial charge in [0.05, 0.1) is 22.6 Å². The summed E-state index contributed by atoms with van der Waals surface area (Å²) in [5, 5.41) is 23.3. The van der Waals surface area contributed by atoms with Gasteiger partial charge in [-0.05, 0) is 86.9 Å². The zero-order valence-corrected chi connectivity index (χ0v) is 21.2. The van der Waals surface area contributed by atoms with Gasteiger partial charge in [-0.1, -0.05) is 6.07 Å². The fourth-order valence-electron chi connectivity index (χ4n) is 8.01. The second-order valence-corrected chi connectivity index (χ2v) is 11.9. The normalized spacial score (nSPS) is 33.4. The van der Waals surface area contributed by atoms with Crippen LogP contribution in [0.5, 0.6) is 11.5 Å². The molecule has 9 heteroatoms. The molecule has 3 fully saturated rings. The van der Waals surface area contributed by atoms with Crippen LogP contribution in [0.1, 0.15) is 59.2 Å². The van der Waals surface area contributed by atoms with E-state index in [1.165, 1.54) is 25.0 Å². The van der Waals surface area contributed by atoms with Gasteiger partial charge in [-0.15, -0.1) is 0 Å². The molecule has 202 valence electrons. The van der Waals surface area contributed by atoms with Gasteiger partial charge in [-0.3, -0.25) is 9.69 Å². The zero-order chi connectivity index (χ0) is 26.6.